The van der Waals surface area contributed by atoms with Crippen LogP contribution in [0.3, 0.4) is 0 Å². The quantitative estimate of drug-likeness (QED) is 0.153. The predicted octanol–water partition coefficient (Wildman–Crippen LogP) is 5.21. The average molecular weight is 667 g/mol. The van der Waals surface area contributed by atoms with Gasteiger partial charge in [-0.1, -0.05) is 37.3 Å². The number of benzene rings is 1. The molecule has 3 aliphatic rings. The fraction of sp³-hybridized carbons (Fsp3) is 0.472. The van der Waals surface area contributed by atoms with Gasteiger partial charge < -0.3 is 19.4 Å². The number of aromatic nitrogens is 4. The van der Waals surface area contributed by atoms with Gasteiger partial charge in [0.15, 0.2) is 5.65 Å². The van der Waals surface area contributed by atoms with Crippen molar-refractivity contribution in [3.63, 3.8) is 0 Å². The van der Waals surface area contributed by atoms with Crippen molar-refractivity contribution in [2.75, 3.05) is 49.1 Å². The van der Waals surface area contributed by atoms with E-state index in [0.29, 0.717) is 37.6 Å². The number of fused-ring (bicyclic) bond motifs is 1. The number of carbonyl (C=O) groups excluding carboxylic acids is 2. The number of hydrogen-bond acceptors (Lipinski definition) is 10. The maximum atomic E-state index is 13.8. The Morgan fingerprint density at radius 3 is 2.41 bits per heavy atom. The molecule has 0 N–H and O–H groups in total. The summed E-state index contributed by atoms with van der Waals surface area (Å²) >= 11 is 0. The molecule has 1 spiro atoms. The smallest absolute Gasteiger partial charge is 0.364 e. The summed E-state index contributed by atoms with van der Waals surface area (Å²) in [4.78, 5) is 53.0. The van der Waals surface area contributed by atoms with Gasteiger partial charge in [-0.05, 0) is 70.2 Å². The lowest BCUT2D eigenvalue weighted by atomic mass is 9.82. The lowest BCUT2D eigenvalue weighted by Crippen LogP contribution is -2.34. The van der Waals surface area contributed by atoms with E-state index in [1.54, 1.807) is 31.4 Å². The van der Waals surface area contributed by atoms with Gasteiger partial charge in [0.2, 0.25) is 11.5 Å². The van der Waals surface area contributed by atoms with Crippen LogP contribution in [-0.4, -0.2) is 86.2 Å². The van der Waals surface area contributed by atoms with Crippen molar-refractivity contribution in [2.45, 2.75) is 64.9 Å². The monoisotopic (exact) mass is 666 g/mol. The molecule has 7 rings (SSSR count). The molecule has 0 saturated carbocycles. The second-order valence-electron chi connectivity index (χ2n) is 15.1. The van der Waals surface area contributed by atoms with Crippen molar-refractivity contribution in [3.05, 3.63) is 87.5 Å². The number of pyridine rings is 2. The van der Waals surface area contributed by atoms with Crippen molar-refractivity contribution in [1.29, 1.82) is 0 Å². The normalized spacial score (nSPS) is 22.4. The first kappa shape index (κ1) is 32.5. The van der Waals surface area contributed by atoms with Crippen LogP contribution >= 0.6 is 0 Å². The van der Waals surface area contributed by atoms with Crippen molar-refractivity contribution in [3.8, 4) is 0 Å². The Labute approximate surface area is 285 Å². The van der Waals surface area contributed by atoms with Gasteiger partial charge >= 0.3 is 11.7 Å². The van der Waals surface area contributed by atoms with Gasteiger partial charge in [-0.15, -0.1) is 5.10 Å². The molecule has 0 bridgehead atoms. The number of esters is 1. The van der Waals surface area contributed by atoms with Crippen molar-refractivity contribution >= 4 is 34.7 Å². The number of amides is 1. The molecule has 0 aliphatic carbocycles. The maximum Gasteiger partial charge on any atom is 0.364 e. The van der Waals surface area contributed by atoms with Crippen LogP contribution in [-0.2, 0) is 10.2 Å². The zero-order valence-electron chi connectivity index (χ0n) is 28.7. The van der Waals surface area contributed by atoms with E-state index in [-0.39, 0.29) is 28.3 Å². The van der Waals surface area contributed by atoms with E-state index in [4.69, 9.17) is 4.74 Å². The highest BCUT2D eigenvalue weighted by molar-refractivity contribution is 5.93. The molecule has 3 aromatic heterocycles. The minimum absolute atomic E-state index is 0.0596. The third-order valence-corrected chi connectivity index (χ3v) is 10.2. The molecule has 13 nitrogen and oxygen atoms in total. The Hall–Kier alpha value is -5.07. The van der Waals surface area contributed by atoms with Crippen LogP contribution in [0.25, 0.3) is 5.65 Å². The summed E-state index contributed by atoms with van der Waals surface area (Å²) in [7, 11) is 0. The van der Waals surface area contributed by atoms with Crippen molar-refractivity contribution in [1.82, 2.24) is 24.5 Å². The highest BCUT2D eigenvalue weighted by atomic mass is 16.6. The zero-order chi connectivity index (χ0) is 34.7. The zero-order valence-corrected chi connectivity index (χ0v) is 28.7. The number of likely N-dealkylation sites (tertiary alicyclic amines) is 1. The minimum Gasteiger partial charge on any atom is -0.455 e. The van der Waals surface area contributed by atoms with Gasteiger partial charge in [-0.3, -0.25) is 14.9 Å². The summed E-state index contributed by atoms with van der Waals surface area (Å²) in [6, 6.07) is 15.7. The number of nitrogens with zero attached hydrogens (tertiary/aromatic N) is 8. The van der Waals surface area contributed by atoms with Crippen LogP contribution in [0.1, 0.15) is 79.2 Å². The van der Waals surface area contributed by atoms with E-state index in [0.717, 1.165) is 43.6 Å². The summed E-state index contributed by atoms with van der Waals surface area (Å²) in [5, 5.41) is 16.3. The Bertz CT molecular complexity index is 1960. The number of ether oxygens (including phenoxy) is 1. The summed E-state index contributed by atoms with van der Waals surface area (Å²) in [6.45, 7) is 13.6. The molecule has 1 amide bonds. The number of aryl methyl sites for hydroxylation is 1. The molecule has 3 aliphatic heterocycles. The first-order valence-electron chi connectivity index (χ1n) is 16.8. The Balaban J connectivity index is 1.05. The van der Waals surface area contributed by atoms with Crippen LogP contribution in [0.2, 0.25) is 0 Å². The average Bonchev–Trinajstić information content (AvgIpc) is 3.87. The van der Waals surface area contributed by atoms with Crippen LogP contribution in [0.5, 0.6) is 0 Å². The first-order valence-corrected chi connectivity index (χ1v) is 16.8. The highest BCUT2D eigenvalue weighted by Gasteiger charge is 2.46. The van der Waals surface area contributed by atoms with Gasteiger partial charge in [0.25, 0.3) is 5.91 Å². The van der Waals surface area contributed by atoms with Crippen LogP contribution in [0.15, 0.2) is 54.7 Å². The molecule has 256 valence electrons. The van der Waals surface area contributed by atoms with E-state index in [9.17, 15) is 19.7 Å². The highest BCUT2D eigenvalue weighted by Crippen LogP contribution is 2.42. The third kappa shape index (κ3) is 6.17. The lowest BCUT2D eigenvalue weighted by molar-refractivity contribution is -0.385. The molecule has 0 radical (unpaired) electrons. The van der Waals surface area contributed by atoms with Gasteiger partial charge in [-0.25, -0.2) is 19.3 Å². The maximum absolute atomic E-state index is 13.8. The Morgan fingerprint density at radius 2 is 1.67 bits per heavy atom. The number of anilines is 2. The topological polar surface area (TPSA) is 139 Å². The van der Waals surface area contributed by atoms with E-state index in [2.05, 4.69) is 63.3 Å². The molecule has 2 atom stereocenters. The minimum atomic E-state index is -0.832. The molecule has 1 aromatic carbocycles. The Morgan fingerprint density at radius 1 is 0.939 bits per heavy atom. The van der Waals surface area contributed by atoms with Gasteiger partial charge in [0, 0.05) is 56.2 Å². The standard InChI is InChI=1S/C36H42N8O5/c1-24-19-26(40-16-13-35(5,21-40)25-9-7-6-8-10-25)20-43-31(24)38-30(39-43)32(45)42-18-15-36(23-42)14-17-41(22-36)28-12-11-27(44(47)48)29(37-28)33(46)49-34(2,3)4/h6-12,19-20H,13-18,21-23H2,1-5H3/t35-,36+/m0/s1. The number of carbonyl (C=O) groups is 2. The van der Waals surface area contributed by atoms with Crippen molar-refractivity contribution in [2.24, 2.45) is 5.41 Å². The van der Waals surface area contributed by atoms with Crippen LogP contribution < -0.4 is 9.80 Å². The number of nitro groups is 1. The molecule has 6 heterocycles. The van der Waals surface area contributed by atoms with Gasteiger partial charge in [0.05, 0.1) is 16.8 Å². The summed E-state index contributed by atoms with van der Waals surface area (Å²) in [5.74, 6) is -0.371. The second kappa shape index (κ2) is 11.8. The molecule has 3 fully saturated rings. The molecule has 4 aromatic rings. The van der Waals surface area contributed by atoms with Crippen LogP contribution in [0, 0.1) is 22.5 Å². The van der Waals surface area contributed by atoms with E-state index < -0.39 is 22.2 Å². The van der Waals surface area contributed by atoms with Crippen LogP contribution in [0.4, 0.5) is 17.2 Å². The second-order valence-corrected chi connectivity index (χ2v) is 15.1. The molecule has 13 heteroatoms. The fourth-order valence-corrected chi connectivity index (χ4v) is 7.61. The first-order chi connectivity index (χ1) is 23.2. The molecule has 0 unspecified atom stereocenters. The van der Waals surface area contributed by atoms with E-state index in [1.807, 2.05) is 22.9 Å². The molecular weight excluding hydrogens is 624 g/mol. The van der Waals surface area contributed by atoms with Crippen molar-refractivity contribution < 1.29 is 19.2 Å². The molecular formula is C36H42N8O5. The third-order valence-electron chi connectivity index (χ3n) is 10.2. The molecule has 3 saturated heterocycles. The Kier molecular flexibility index (Phi) is 7.83. The summed E-state index contributed by atoms with van der Waals surface area (Å²) in [6.07, 6.45) is 4.64. The summed E-state index contributed by atoms with van der Waals surface area (Å²) < 4.78 is 7.15. The molecule has 49 heavy (non-hydrogen) atoms. The van der Waals surface area contributed by atoms with E-state index >= 15 is 0 Å². The SMILES string of the molecule is Cc1cc(N2CC[C@](C)(c3ccccc3)C2)cn2nc(C(=O)N3CC[C@@]4(CCN(c5ccc([N+](=O)[O-])c(C(=O)OC(C)(C)C)n5)C4)C3)nc12. The lowest BCUT2D eigenvalue weighted by Gasteiger charge is -2.26. The summed E-state index contributed by atoms with van der Waals surface area (Å²) in [5.41, 5.74) is 2.40. The largest absolute Gasteiger partial charge is 0.455 e. The fourth-order valence-electron chi connectivity index (χ4n) is 7.61. The predicted molar refractivity (Wildman–Crippen MR) is 184 cm³/mol. The van der Waals surface area contributed by atoms with E-state index in [1.165, 1.54) is 11.6 Å². The number of hydrogen-bond donors (Lipinski definition) is 0. The number of rotatable bonds is 6. The van der Waals surface area contributed by atoms with Gasteiger partial charge in [-0.2, -0.15) is 0 Å². The van der Waals surface area contributed by atoms with Gasteiger partial charge in [0.1, 0.15) is 11.4 Å².